The lowest BCUT2D eigenvalue weighted by molar-refractivity contribution is -0.143. The van der Waals surface area contributed by atoms with Crippen LogP contribution in [0.25, 0.3) is 0 Å². The molecule has 2 amide bonds. The summed E-state index contributed by atoms with van der Waals surface area (Å²) in [5.41, 5.74) is -0.279. The predicted octanol–water partition coefficient (Wildman–Crippen LogP) is 3.06. The number of urea groups is 1. The van der Waals surface area contributed by atoms with E-state index in [2.05, 4.69) is 21.2 Å². The maximum Gasteiger partial charge on any atom is 0.321 e. The summed E-state index contributed by atoms with van der Waals surface area (Å²) in [6, 6.07) is 1.15. The van der Waals surface area contributed by atoms with Crippen LogP contribution in [0.1, 0.15) is 12.8 Å². The monoisotopic (exact) mass is 362 g/mol. The number of carboxylic acids is 1. The molecule has 5 nitrogen and oxygen atoms in total. The topological polar surface area (TPSA) is 69.6 Å². The summed E-state index contributed by atoms with van der Waals surface area (Å²) in [5, 5.41) is 11.2. The second kappa shape index (κ2) is 6.38. The highest BCUT2D eigenvalue weighted by Crippen LogP contribution is 2.24. The number of halogens is 3. The maximum absolute atomic E-state index is 13.6. The van der Waals surface area contributed by atoms with Gasteiger partial charge in [-0.3, -0.25) is 4.79 Å². The van der Waals surface area contributed by atoms with E-state index in [1.165, 1.54) is 4.90 Å². The highest BCUT2D eigenvalue weighted by atomic mass is 79.9. The number of anilines is 1. The van der Waals surface area contributed by atoms with Gasteiger partial charge in [0.1, 0.15) is 11.6 Å². The van der Waals surface area contributed by atoms with Crippen molar-refractivity contribution in [1.29, 1.82) is 0 Å². The molecule has 1 aromatic rings. The zero-order valence-corrected chi connectivity index (χ0v) is 12.5. The van der Waals surface area contributed by atoms with Crippen molar-refractivity contribution >= 4 is 33.6 Å². The van der Waals surface area contributed by atoms with Gasteiger partial charge in [-0.2, -0.15) is 0 Å². The number of piperidine rings is 1. The summed E-state index contributed by atoms with van der Waals surface area (Å²) in [5.74, 6) is -3.07. The van der Waals surface area contributed by atoms with Crippen LogP contribution in [0.5, 0.6) is 0 Å². The van der Waals surface area contributed by atoms with Crippen molar-refractivity contribution in [3.63, 3.8) is 0 Å². The van der Waals surface area contributed by atoms with E-state index in [-0.39, 0.29) is 16.7 Å². The molecule has 0 spiro atoms. The first-order chi connectivity index (χ1) is 9.88. The lowest BCUT2D eigenvalue weighted by atomic mass is 9.99. The van der Waals surface area contributed by atoms with E-state index >= 15 is 0 Å². The molecular formula is C13H13BrF2N2O3. The molecule has 0 saturated carbocycles. The Kier molecular flexibility index (Phi) is 4.76. The lowest BCUT2D eigenvalue weighted by Crippen LogP contribution is -2.44. The van der Waals surface area contributed by atoms with Crippen LogP contribution in [0.3, 0.4) is 0 Å². The van der Waals surface area contributed by atoms with Gasteiger partial charge in [-0.25, -0.2) is 13.6 Å². The molecule has 1 saturated heterocycles. The molecule has 114 valence electrons. The molecule has 1 fully saturated rings. The number of nitrogens with one attached hydrogen (secondary N) is 1. The van der Waals surface area contributed by atoms with Crippen LogP contribution in [-0.4, -0.2) is 35.1 Å². The van der Waals surface area contributed by atoms with Crippen LogP contribution in [-0.2, 0) is 4.79 Å². The van der Waals surface area contributed by atoms with Gasteiger partial charge in [0.05, 0.1) is 16.1 Å². The van der Waals surface area contributed by atoms with Crippen molar-refractivity contribution < 1.29 is 23.5 Å². The molecule has 1 aliphatic rings. The van der Waals surface area contributed by atoms with E-state index in [0.717, 1.165) is 12.1 Å². The summed E-state index contributed by atoms with van der Waals surface area (Å²) in [4.78, 5) is 24.2. The third-order valence-corrected chi connectivity index (χ3v) is 3.92. The van der Waals surface area contributed by atoms with E-state index < -0.39 is 29.6 Å². The molecule has 1 aliphatic heterocycles. The summed E-state index contributed by atoms with van der Waals surface area (Å²) in [6.45, 7) is 0.442. The van der Waals surface area contributed by atoms with E-state index in [1.54, 1.807) is 0 Å². The van der Waals surface area contributed by atoms with Gasteiger partial charge in [0.2, 0.25) is 0 Å². The largest absolute Gasteiger partial charge is 0.481 e. The van der Waals surface area contributed by atoms with E-state index in [9.17, 15) is 18.4 Å². The molecule has 0 unspecified atom stereocenters. The Hall–Kier alpha value is -1.70. The molecule has 2 rings (SSSR count). The van der Waals surface area contributed by atoms with Crippen molar-refractivity contribution in [3.8, 4) is 0 Å². The third-order valence-electron chi connectivity index (χ3n) is 3.31. The minimum Gasteiger partial charge on any atom is -0.481 e. The number of nitrogens with zero attached hydrogens (tertiary/aromatic N) is 1. The van der Waals surface area contributed by atoms with Crippen molar-refractivity contribution in [3.05, 3.63) is 28.2 Å². The predicted molar refractivity (Wildman–Crippen MR) is 75.0 cm³/mol. The Morgan fingerprint density at radius 2 is 2.05 bits per heavy atom. The first-order valence-electron chi connectivity index (χ1n) is 6.31. The van der Waals surface area contributed by atoms with Gasteiger partial charge >= 0.3 is 12.0 Å². The number of rotatable bonds is 2. The van der Waals surface area contributed by atoms with Crippen molar-refractivity contribution in [1.82, 2.24) is 4.90 Å². The van der Waals surface area contributed by atoms with Crippen molar-refractivity contribution in [2.24, 2.45) is 5.92 Å². The number of hydrogen-bond acceptors (Lipinski definition) is 2. The molecule has 2 N–H and O–H groups in total. The first-order valence-corrected chi connectivity index (χ1v) is 7.11. The number of aliphatic carboxylic acids is 1. The third kappa shape index (κ3) is 3.69. The van der Waals surface area contributed by atoms with Gasteiger partial charge in [0.15, 0.2) is 0 Å². The molecule has 21 heavy (non-hydrogen) atoms. The zero-order valence-electron chi connectivity index (χ0n) is 10.9. The molecule has 0 radical (unpaired) electrons. The Morgan fingerprint density at radius 3 is 2.71 bits per heavy atom. The molecule has 8 heteroatoms. The van der Waals surface area contributed by atoms with Gasteiger partial charge in [0.25, 0.3) is 0 Å². The summed E-state index contributed by atoms with van der Waals surface area (Å²) < 4.78 is 27.0. The molecule has 1 aromatic carbocycles. The lowest BCUT2D eigenvalue weighted by Gasteiger charge is -2.30. The average Bonchev–Trinajstić information content (AvgIpc) is 2.44. The van der Waals surface area contributed by atoms with Crippen LogP contribution < -0.4 is 5.32 Å². The van der Waals surface area contributed by atoms with Gasteiger partial charge in [-0.05, 0) is 34.8 Å². The second-order valence-electron chi connectivity index (χ2n) is 4.80. The van der Waals surface area contributed by atoms with E-state index in [0.29, 0.717) is 19.4 Å². The van der Waals surface area contributed by atoms with Gasteiger partial charge in [0, 0.05) is 19.2 Å². The standard InChI is InChI=1S/C13H13BrF2N2O3/c14-8-4-10(16)11(5-9(8)15)17-13(21)18-3-1-2-7(6-18)12(19)20/h4-5,7H,1-3,6H2,(H,17,21)(H,19,20)/t7-/m1/s1. The van der Waals surface area contributed by atoms with Crippen molar-refractivity contribution in [2.45, 2.75) is 12.8 Å². The molecule has 0 bridgehead atoms. The number of carbonyl (C=O) groups excluding carboxylic acids is 1. The normalized spacial score (nSPS) is 18.4. The molecule has 1 heterocycles. The van der Waals surface area contributed by atoms with Crippen LogP contribution in [0.15, 0.2) is 16.6 Å². The van der Waals surface area contributed by atoms with Gasteiger partial charge in [-0.1, -0.05) is 0 Å². The number of carboxylic acid groups (broad SMARTS) is 1. The van der Waals surface area contributed by atoms with E-state index in [4.69, 9.17) is 5.11 Å². The minimum atomic E-state index is -0.964. The average molecular weight is 363 g/mol. The van der Waals surface area contributed by atoms with Crippen LogP contribution in [0, 0.1) is 17.6 Å². The number of hydrogen-bond donors (Lipinski definition) is 2. The minimum absolute atomic E-state index is 0.0399. The maximum atomic E-state index is 13.6. The molecule has 1 atom stereocenters. The molecule has 0 aromatic heterocycles. The van der Waals surface area contributed by atoms with Crippen molar-refractivity contribution in [2.75, 3.05) is 18.4 Å². The van der Waals surface area contributed by atoms with Gasteiger partial charge in [-0.15, -0.1) is 0 Å². The number of likely N-dealkylation sites (tertiary alicyclic amines) is 1. The zero-order chi connectivity index (χ0) is 15.6. The molecular weight excluding hydrogens is 350 g/mol. The van der Waals surface area contributed by atoms with Crippen LogP contribution >= 0.6 is 15.9 Å². The fraction of sp³-hybridized carbons (Fsp3) is 0.385. The van der Waals surface area contributed by atoms with E-state index in [1.807, 2.05) is 0 Å². The number of benzene rings is 1. The number of amides is 2. The Labute approximate surface area is 128 Å². The second-order valence-corrected chi connectivity index (χ2v) is 5.65. The van der Waals surface area contributed by atoms with Crippen LogP contribution in [0.4, 0.5) is 19.3 Å². The molecule has 0 aliphatic carbocycles. The Balaban J connectivity index is 2.07. The fourth-order valence-electron chi connectivity index (χ4n) is 2.18. The van der Waals surface area contributed by atoms with Crippen LogP contribution in [0.2, 0.25) is 0 Å². The highest BCUT2D eigenvalue weighted by Gasteiger charge is 2.28. The quantitative estimate of drug-likeness (QED) is 0.794. The Morgan fingerprint density at radius 1 is 1.33 bits per heavy atom. The fourth-order valence-corrected chi connectivity index (χ4v) is 2.49. The SMILES string of the molecule is O=C(O)[C@@H]1CCCN(C(=O)Nc2cc(F)c(Br)cc2F)C1. The first kappa shape index (κ1) is 15.7. The number of carbonyl (C=O) groups is 2. The van der Waals surface area contributed by atoms with Gasteiger partial charge < -0.3 is 15.3 Å². The highest BCUT2D eigenvalue weighted by molar-refractivity contribution is 9.10. The Bertz CT molecular complexity index is 583. The summed E-state index contributed by atoms with van der Waals surface area (Å²) >= 11 is 2.84. The smallest absolute Gasteiger partial charge is 0.321 e. The summed E-state index contributed by atoms with van der Waals surface area (Å²) in [6.07, 6.45) is 1.06. The summed E-state index contributed by atoms with van der Waals surface area (Å²) in [7, 11) is 0.